The lowest BCUT2D eigenvalue weighted by Gasteiger charge is -2.16. The van der Waals surface area contributed by atoms with Gasteiger partial charge in [-0.15, -0.1) is 0 Å². The summed E-state index contributed by atoms with van der Waals surface area (Å²) in [6.45, 7) is 1.97. The summed E-state index contributed by atoms with van der Waals surface area (Å²) in [4.78, 5) is 31.8. The number of hydrogen-bond donors (Lipinski definition) is 2. The number of nitrogen functional groups attached to an aromatic ring is 1. The Morgan fingerprint density at radius 2 is 1.95 bits per heavy atom. The molecule has 1 atom stereocenters. The second kappa shape index (κ2) is 9.62. The number of nitrogens with one attached hydrogen (secondary N) is 1. The van der Waals surface area contributed by atoms with Gasteiger partial charge in [-0.1, -0.05) is 6.07 Å². The number of fused-ring (bicyclic) bond motifs is 3. The highest BCUT2D eigenvalue weighted by Gasteiger charge is 2.26. The lowest BCUT2D eigenvalue weighted by Crippen LogP contribution is -2.27. The third kappa shape index (κ3) is 4.12. The van der Waals surface area contributed by atoms with Gasteiger partial charge in [0.1, 0.15) is 17.0 Å². The number of nitrogens with two attached hydrogens (primary N) is 1. The fraction of sp³-hybridized carbons (Fsp3) is 0.125. The molecule has 1 amide bonds. The van der Waals surface area contributed by atoms with Crippen LogP contribution in [0.3, 0.4) is 0 Å². The molecular weight excluding hydrogens is 540 g/mol. The first kappa shape index (κ1) is 24.9. The molecule has 0 fully saturated rings. The van der Waals surface area contributed by atoms with Gasteiger partial charge in [0.2, 0.25) is 0 Å². The predicted octanol–water partition coefficient (Wildman–Crippen LogP) is 4.62. The van der Waals surface area contributed by atoms with Crippen LogP contribution in [0.4, 0.5) is 5.82 Å². The highest BCUT2D eigenvalue weighted by atomic mass is 16.1. The van der Waals surface area contributed by atoms with Crippen molar-refractivity contribution < 1.29 is 4.79 Å². The van der Waals surface area contributed by atoms with E-state index in [-0.39, 0.29) is 11.9 Å². The van der Waals surface area contributed by atoms with E-state index in [2.05, 4.69) is 32.5 Å². The fourth-order valence-electron chi connectivity index (χ4n) is 5.88. The molecule has 0 aliphatic heterocycles. The highest BCUT2D eigenvalue weighted by molar-refractivity contribution is 5.94. The normalized spacial score (nSPS) is 14.4. The maximum absolute atomic E-state index is 13.3. The number of aryl methyl sites for hydroxylation is 2. The first-order valence-electron chi connectivity index (χ1n) is 14.0. The van der Waals surface area contributed by atoms with Gasteiger partial charge in [0, 0.05) is 42.4 Å². The summed E-state index contributed by atoms with van der Waals surface area (Å²) < 4.78 is 5.67. The summed E-state index contributed by atoms with van der Waals surface area (Å²) in [5.74, 6) is 1.61. The van der Waals surface area contributed by atoms with Crippen LogP contribution in [0.5, 0.6) is 0 Å². The Balaban J connectivity index is 1.18. The largest absolute Gasteiger partial charge is 0.383 e. The molecule has 11 heteroatoms. The Labute approximate surface area is 245 Å². The molecule has 0 unspecified atom stereocenters. The van der Waals surface area contributed by atoms with Crippen LogP contribution in [-0.2, 0) is 6.42 Å². The van der Waals surface area contributed by atoms with Crippen LogP contribution in [0, 0.1) is 6.92 Å². The van der Waals surface area contributed by atoms with Gasteiger partial charge >= 0.3 is 0 Å². The number of benzene rings is 1. The average Bonchev–Trinajstić information content (AvgIpc) is 3.83. The standard InChI is InChI=1S/C32H26N10O/c1-19-17-35-27-11-6-21(18-40(19)27)32(43)38-25-9-5-20-16-22(7-8-23(20)25)42-30(24-4-2-13-34-29(24)33)37-26-10-12-28(39-31(26)42)41-15-3-14-36-41/h2-4,6-8,10-18,25H,5,9H2,1H3,(H2,33,34)(H,38,43)/t25-/m0/s1. The molecule has 1 aliphatic carbocycles. The Hall–Kier alpha value is -5.84. The van der Waals surface area contributed by atoms with Gasteiger partial charge in [0.05, 0.1) is 17.2 Å². The number of carbonyl (C=O) groups is 1. The van der Waals surface area contributed by atoms with E-state index < -0.39 is 0 Å². The first-order chi connectivity index (χ1) is 21.0. The molecule has 0 saturated carbocycles. The van der Waals surface area contributed by atoms with E-state index in [0.717, 1.165) is 46.5 Å². The van der Waals surface area contributed by atoms with Crippen molar-refractivity contribution >= 4 is 28.5 Å². The van der Waals surface area contributed by atoms with Crippen molar-refractivity contribution in [3.8, 4) is 22.9 Å². The maximum Gasteiger partial charge on any atom is 0.253 e. The molecule has 8 rings (SSSR count). The van der Waals surface area contributed by atoms with E-state index >= 15 is 0 Å². The molecule has 210 valence electrons. The van der Waals surface area contributed by atoms with E-state index in [1.807, 2.05) is 76.8 Å². The average molecular weight is 567 g/mol. The van der Waals surface area contributed by atoms with Gasteiger partial charge < -0.3 is 15.5 Å². The lowest BCUT2D eigenvalue weighted by atomic mass is 10.1. The Bertz CT molecular complexity index is 2180. The zero-order valence-electron chi connectivity index (χ0n) is 23.2. The van der Waals surface area contributed by atoms with Gasteiger partial charge in [-0.3, -0.25) is 9.36 Å². The minimum absolute atomic E-state index is 0.0892. The smallest absolute Gasteiger partial charge is 0.253 e. The monoisotopic (exact) mass is 566 g/mol. The number of anilines is 1. The molecule has 0 saturated heterocycles. The van der Waals surface area contributed by atoms with Gasteiger partial charge in [0.25, 0.3) is 5.91 Å². The van der Waals surface area contributed by atoms with Crippen molar-refractivity contribution in [3.63, 3.8) is 0 Å². The van der Waals surface area contributed by atoms with Gasteiger partial charge in [-0.25, -0.2) is 24.6 Å². The Kier molecular flexibility index (Phi) is 5.58. The molecule has 7 aromatic rings. The third-order valence-electron chi connectivity index (χ3n) is 8.03. The first-order valence-corrected chi connectivity index (χ1v) is 14.0. The number of rotatable bonds is 5. The van der Waals surface area contributed by atoms with Gasteiger partial charge in [-0.05, 0) is 85.5 Å². The third-order valence-corrected chi connectivity index (χ3v) is 8.03. The summed E-state index contributed by atoms with van der Waals surface area (Å²) in [6.07, 6.45) is 10.5. The number of pyridine rings is 3. The van der Waals surface area contributed by atoms with E-state index in [4.69, 9.17) is 15.7 Å². The van der Waals surface area contributed by atoms with Crippen molar-refractivity contribution in [3.05, 3.63) is 114 Å². The van der Waals surface area contributed by atoms with Crippen LogP contribution in [0.2, 0.25) is 0 Å². The molecule has 1 aromatic carbocycles. The van der Waals surface area contributed by atoms with Gasteiger partial charge in [-0.2, -0.15) is 5.10 Å². The molecule has 43 heavy (non-hydrogen) atoms. The molecule has 6 heterocycles. The molecule has 11 nitrogen and oxygen atoms in total. The Morgan fingerprint density at radius 1 is 1.02 bits per heavy atom. The molecule has 1 aliphatic rings. The number of imidazole rings is 2. The summed E-state index contributed by atoms with van der Waals surface area (Å²) in [5, 5.41) is 7.59. The van der Waals surface area contributed by atoms with Crippen LogP contribution in [0.25, 0.3) is 39.7 Å². The number of nitrogens with zero attached hydrogens (tertiary/aromatic N) is 8. The van der Waals surface area contributed by atoms with Crippen molar-refractivity contribution in [2.75, 3.05) is 5.73 Å². The topological polar surface area (TPSA) is 134 Å². The number of carbonyl (C=O) groups excluding carboxylic acids is 1. The molecule has 3 N–H and O–H groups in total. The second-order valence-electron chi connectivity index (χ2n) is 10.7. The summed E-state index contributed by atoms with van der Waals surface area (Å²) in [7, 11) is 0. The van der Waals surface area contributed by atoms with E-state index in [1.165, 1.54) is 5.56 Å². The van der Waals surface area contributed by atoms with Crippen LogP contribution < -0.4 is 11.1 Å². The minimum atomic E-state index is -0.109. The molecular formula is C32H26N10O. The number of hydrogen-bond acceptors (Lipinski definition) is 7. The molecule has 0 spiro atoms. The zero-order chi connectivity index (χ0) is 29.1. The van der Waals surface area contributed by atoms with E-state index in [0.29, 0.717) is 28.7 Å². The minimum Gasteiger partial charge on any atom is -0.383 e. The number of amides is 1. The predicted molar refractivity (Wildman–Crippen MR) is 162 cm³/mol. The van der Waals surface area contributed by atoms with Gasteiger partial charge in [0.15, 0.2) is 17.3 Å². The maximum atomic E-state index is 13.3. The SMILES string of the molecule is Cc1cnc2ccc(C(=O)N[C@H]3CCc4cc(-n5c(-c6cccnc6N)nc6ccc(-n7cccn7)nc65)ccc43)cn12. The van der Waals surface area contributed by atoms with Crippen LogP contribution in [-0.4, -0.2) is 44.6 Å². The molecule has 0 radical (unpaired) electrons. The van der Waals surface area contributed by atoms with Crippen LogP contribution in [0.1, 0.15) is 39.6 Å². The Morgan fingerprint density at radius 3 is 2.81 bits per heavy atom. The van der Waals surface area contributed by atoms with Crippen molar-refractivity contribution in [1.82, 2.24) is 44.0 Å². The lowest BCUT2D eigenvalue weighted by molar-refractivity contribution is 0.0936. The summed E-state index contributed by atoms with van der Waals surface area (Å²) in [5.41, 5.74) is 14.0. The van der Waals surface area contributed by atoms with Crippen molar-refractivity contribution in [1.29, 1.82) is 0 Å². The van der Waals surface area contributed by atoms with Crippen molar-refractivity contribution in [2.24, 2.45) is 0 Å². The van der Waals surface area contributed by atoms with E-state index in [1.54, 1.807) is 23.3 Å². The molecule has 0 bridgehead atoms. The van der Waals surface area contributed by atoms with Crippen LogP contribution in [0.15, 0.2) is 91.6 Å². The number of aromatic nitrogens is 8. The highest BCUT2D eigenvalue weighted by Crippen LogP contribution is 2.36. The fourth-order valence-corrected chi connectivity index (χ4v) is 5.88. The summed E-state index contributed by atoms with van der Waals surface area (Å²) >= 11 is 0. The molecule has 6 aromatic heterocycles. The second-order valence-corrected chi connectivity index (χ2v) is 10.7. The zero-order valence-corrected chi connectivity index (χ0v) is 23.2. The quantitative estimate of drug-likeness (QED) is 0.310. The van der Waals surface area contributed by atoms with Crippen molar-refractivity contribution in [2.45, 2.75) is 25.8 Å². The summed E-state index contributed by atoms with van der Waals surface area (Å²) in [6, 6.07) is 19.3. The van der Waals surface area contributed by atoms with E-state index in [9.17, 15) is 4.79 Å². The van der Waals surface area contributed by atoms with Crippen LogP contribution >= 0.6 is 0 Å².